The van der Waals surface area contributed by atoms with E-state index >= 15 is 0 Å². The number of nitrogens with one attached hydrogen (secondary N) is 2. The Hall–Kier alpha value is -2.79. The van der Waals surface area contributed by atoms with Gasteiger partial charge in [0.15, 0.2) is 0 Å². The quantitative estimate of drug-likeness (QED) is 0.470. The van der Waals surface area contributed by atoms with Crippen molar-refractivity contribution in [3.8, 4) is 5.75 Å². The zero-order valence-electron chi connectivity index (χ0n) is 20.3. The summed E-state index contributed by atoms with van der Waals surface area (Å²) in [4.78, 5) is 26.0. The van der Waals surface area contributed by atoms with Crippen LogP contribution in [0.15, 0.2) is 54.6 Å². The zero-order chi connectivity index (χ0) is 24.6. The SMILES string of the molecule is CCP(=O)(CC)[C@@H](NC(=O)[C@@H](NC(=O)OC(C)(C)C)c1ccccc1)c1ccc(OC)cc1. The molecule has 7 nitrogen and oxygen atoms in total. The highest BCUT2D eigenvalue weighted by molar-refractivity contribution is 7.64. The van der Waals surface area contributed by atoms with Crippen LogP contribution in [0.2, 0.25) is 0 Å². The second-order valence-electron chi connectivity index (χ2n) is 8.76. The minimum atomic E-state index is -2.81. The first-order valence-corrected chi connectivity index (χ1v) is 13.2. The van der Waals surface area contributed by atoms with Gasteiger partial charge in [0.05, 0.1) is 7.11 Å². The van der Waals surface area contributed by atoms with E-state index in [1.807, 2.05) is 19.9 Å². The normalized spacial score (nSPS) is 13.5. The van der Waals surface area contributed by atoms with Crippen LogP contribution in [-0.2, 0) is 14.1 Å². The van der Waals surface area contributed by atoms with Gasteiger partial charge in [-0.1, -0.05) is 56.3 Å². The number of ether oxygens (including phenoxy) is 2. The second-order valence-corrected chi connectivity index (χ2v) is 12.4. The molecule has 0 saturated carbocycles. The van der Waals surface area contributed by atoms with E-state index in [1.54, 1.807) is 76.4 Å². The Labute approximate surface area is 196 Å². The first-order chi connectivity index (χ1) is 15.5. The van der Waals surface area contributed by atoms with E-state index in [2.05, 4.69) is 10.6 Å². The highest BCUT2D eigenvalue weighted by atomic mass is 31.2. The lowest BCUT2D eigenvalue weighted by molar-refractivity contribution is -0.123. The molecule has 0 spiro atoms. The number of carbonyl (C=O) groups is 2. The summed E-state index contributed by atoms with van der Waals surface area (Å²) in [6.07, 6.45) is 0.146. The average molecular weight is 475 g/mol. The van der Waals surface area contributed by atoms with E-state index in [0.29, 0.717) is 23.6 Å². The molecule has 0 aliphatic carbocycles. The van der Waals surface area contributed by atoms with E-state index in [1.165, 1.54) is 0 Å². The fraction of sp³-hybridized carbons (Fsp3) is 0.440. The molecule has 33 heavy (non-hydrogen) atoms. The smallest absolute Gasteiger partial charge is 0.408 e. The van der Waals surface area contributed by atoms with Gasteiger partial charge < -0.3 is 24.7 Å². The third-order valence-electron chi connectivity index (χ3n) is 5.31. The molecule has 0 aromatic heterocycles. The van der Waals surface area contributed by atoms with Gasteiger partial charge in [-0.2, -0.15) is 0 Å². The molecule has 180 valence electrons. The van der Waals surface area contributed by atoms with E-state index in [9.17, 15) is 14.2 Å². The van der Waals surface area contributed by atoms with Crippen LogP contribution in [0.1, 0.15) is 57.6 Å². The lowest BCUT2D eigenvalue weighted by atomic mass is 10.1. The number of alkyl carbamates (subject to hydrolysis) is 1. The van der Waals surface area contributed by atoms with Crippen molar-refractivity contribution in [1.29, 1.82) is 0 Å². The first-order valence-electron chi connectivity index (χ1n) is 11.1. The van der Waals surface area contributed by atoms with Gasteiger partial charge in [-0.05, 0) is 44.0 Å². The minimum Gasteiger partial charge on any atom is -0.497 e. The third kappa shape index (κ3) is 7.36. The first kappa shape index (κ1) is 26.5. The third-order valence-corrected chi connectivity index (χ3v) is 8.82. The second kappa shape index (κ2) is 11.4. The van der Waals surface area contributed by atoms with Gasteiger partial charge in [0, 0.05) is 12.3 Å². The van der Waals surface area contributed by atoms with Crippen LogP contribution in [0, 0.1) is 0 Å². The maximum Gasteiger partial charge on any atom is 0.408 e. The van der Waals surface area contributed by atoms with E-state index in [4.69, 9.17) is 9.47 Å². The fourth-order valence-corrected chi connectivity index (χ4v) is 5.69. The van der Waals surface area contributed by atoms with Crippen LogP contribution >= 0.6 is 7.14 Å². The molecule has 0 fully saturated rings. The van der Waals surface area contributed by atoms with Gasteiger partial charge in [-0.25, -0.2) is 4.79 Å². The van der Waals surface area contributed by atoms with Crippen LogP contribution in [0.25, 0.3) is 0 Å². The van der Waals surface area contributed by atoms with Gasteiger partial charge in [0.2, 0.25) is 5.91 Å². The number of hydrogen-bond donors (Lipinski definition) is 2. The lowest BCUT2D eigenvalue weighted by Gasteiger charge is -2.30. The predicted octanol–water partition coefficient (Wildman–Crippen LogP) is 5.48. The highest BCUT2D eigenvalue weighted by Gasteiger charge is 2.35. The Morgan fingerprint density at radius 1 is 0.909 bits per heavy atom. The average Bonchev–Trinajstić information content (AvgIpc) is 2.80. The summed E-state index contributed by atoms with van der Waals surface area (Å²) in [7, 11) is -1.23. The lowest BCUT2D eigenvalue weighted by Crippen LogP contribution is -2.43. The molecule has 2 aromatic carbocycles. The minimum absolute atomic E-state index is 0.427. The summed E-state index contributed by atoms with van der Waals surface area (Å²) < 4.78 is 24.3. The Morgan fingerprint density at radius 2 is 1.48 bits per heavy atom. The molecule has 8 heteroatoms. The van der Waals surface area contributed by atoms with Crippen molar-refractivity contribution in [3.05, 3.63) is 65.7 Å². The molecule has 0 heterocycles. The number of amides is 2. The Bertz CT molecular complexity index is 963. The molecule has 0 radical (unpaired) electrons. The summed E-state index contributed by atoms with van der Waals surface area (Å²) >= 11 is 0. The number of methoxy groups -OCH3 is 1. The zero-order valence-corrected chi connectivity index (χ0v) is 21.1. The van der Waals surface area contributed by atoms with Crippen molar-refractivity contribution >= 4 is 19.1 Å². The van der Waals surface area contributed by atoms with Gasteiger partial charge in [-0.15, -0.1) is 0 Å². The molecule has 2 amide bonds. The molecule has 0 bridgehead atoms. The molecular weight excluding hydrogens is 439 g/mol. The number of carbonyl (C=O) groups excluding carboxylic acids is 2. The topological polar surface area (TPSA) is 93.7 Å². The maximum atomic E-state index is 13.8. The van der Waals surface area contributed by atoms with E-state index < -0.39 is 36.6 Å². The Morgan fingerprint density at radius 3 is 1.97 bits per heavy atom. The van der Waals surface area contributed by atoms with Gasteiger partial charge in [-0.3, -0.25) is 4.79 Å². The fourth-order valence-electron chi connectivity index (χ4n) is 3.44. The molecule has 0 aliphatic heterocycles. The molecular formula is C25H35N2O5P. The summed E-state index contributed by atoms with van der Waals surface area (Å²) in [5, 5.41) is 5.64. The monoisotopic (exact) mass is 474 g/mol. The van der Waals surface area contributed by atoms with Gasteiger partial charge in [0.25, 0.3) is 0 Å². The molecule has 0 unspecified atom stereocenters. The number of rotatable bonds is 9. The summed E-state index contributed by atoms with van der Waals surface area (Å²) in [5.74, 6) is -0.493. The van der Waals surface area contributed by atoms with Crippen molar-refractivity contribution in [1.82, 2.24) is 10.6 Å². The number of hydrogen-bond acceptors (Lipinski definition) is 5. The summed E-state index contributed by atoms with van der Waals surface area (Å²) in [5.41, 5.74) is 0.602. The van der Waals surface area contributed by atoms with Crippen molar-refractivity contribution < 1.29 is 23.6 Å². The Kier molecular flexibility index (Phi) is 9.12. The summed E-state index contributed by atoms with van der Waals surface area (Å²) in [6, 6.07) is 15.1. The van der Waals surface area contributed by atoms with Crippen molar-refractivity contribution in [2.24, 2.45) is 0 Å². The van der Waals surface area contributed by atoms with Crippen molar-refractivity contribution in [2.45, 2.75) is 52.0 Å². The van der Waals surface area contributed by atoms with Gasteiger partial charge in [0.1, 0.15) is 30.3 Å². The number of benzene rings is 2. The molecule has 2 N–H and O–H groups in total. The molecule has 2 aromatic rings. The van der Waals surface area contributed by atoms with E-state index in [0.717, 1.165) is 5.56 Å². The van der Waals surface area contributed by atoms with Crippen LogP contribution in [0.4, 0.5) is 4.79 Å². The standard InChI is InChI=1S/C25H35N2O5P/c1-7-33(30,8-2)23(19-14-16-20(31-6)17-15-19)27-22(28)21(18-12-10-9-11-13-18)26-24(29)32-25(3,4)5/h9-17,21,23H,7-8H2,1-6H3,(H,26,29)(H,27,28)/t21-,23+/m0/s1. The van der Waals surface area contributed by atoms with Crippen LogP contribution in [-0.4, -0.2) is 37.0 Å². The molecule has 2 rings (SSSR count). The molecule has 2 atom stereocenters. The summed E-state index contributed by atoms with van der Waals surface area (Å²) in [6.45, 7) is 8.98. The van der Waals surface area contributed by atoms with E-state index in [-0.39, 0.29) is 0 Å². The highest BCUT2D eigenvalue weighted by Crippen LogP contribution is 2.57. The van der Waals surface area contributed by atoms with Crippen LogP contribution < -0.4 is 15.4 Å². The van der Waals surface area contributed by atoms with Crippen LogP contribution in [0.3, 0.4) is 0 Å². The van der Waals surface area contributed by atoms with Crippen molar-refractivity contribution in [3.63, 3.8) is 0 Å². The largest absolute Gasteiger partial charge is 0.497 e. The van der Waals surface area contributed by atoms with Crippen molar-refractivity contribution in [2.75, 3.05) is 19.4 Å². The van der Waals surface area contributed by atoms with Crippen LogP contribution in [0.5, 0.6) is 5.75 Å². The molecule has 0 saturated heterocycles. The predicted molar refractivity (Wildman–Crippen MR) is 131 cm³/mol. The Balaban J connectivity index is 2.40. The molecule has 0 aliphatic rings. The van der Waals surface area contributed by atoms with Gasteiger partial charge >= 0.3 is 6.09 Å². The maximum absolute atomic E-state index is 13.8.